The van der Waals surface area contributed by atoms with Crippen molar-refractivity contribution in [2.75, 3.05) is 39.4 Å². The highest BCUT2D eigenvalue weighted by Gasteiger charge is 2.44. The predicted molar refractivity (Wildman–Crippen MR) is 153 cm³/mol. The monoisotopic (exact) mass is 556 g/mol. The minimum absolute atomic E-state index is 0.0418. The average Bonchev–Trinajstić information content (AvgIpc) is 3.27. The normalized spacial score (nSPS) is 17.7. The molecule has 5 rings (SSSR count). The summed E-state index contributed by atoms with van der Waals surface area (Å²) >= 11 is 0. The van der Waals surface area contributed by atoms with E-state index in [0.29, 0.717) is 49.2 Å². The summed E-state index contributed by atoms with van der Waals surface area (Å²) in [6.45, 7) is 8.70. The molecule has 1 N–H and O–H groups in total. The molecule has 8 nitrogen and oxygen atoms in total. The van der Waals surface area contributed by atoms with E-state index in [1.54, 1.807) is 23.1 Å². The Hall–Kier alpha value is -4.30. The fourth-order valence-corrected chi connectivity index (χ4v) is 5.38. The van der Waals surface area contributed by atoms with Crippen LogP contribution in [-0.4, -0.2) is 56.0 Å². The van der Waals surface area contributed by atoms with Crippen LogP contribution in [-0.2, 0) is 16.2 Å². The Kier molecular flexibility index (Phi) is 8.89. The Morgan fingerprint density at radius 2 is 1.66 bits per heavy atom. The molecule has 1 unspecified atom stereocenters. The van der Waals surface area contributed by atoms with Crippen LogP contribution in [0, 0.1) is 0 Å². The van der Waals surface area contributed by atoms with Gasteiger partial charge < -0.3 is 29.1 Å². The molecule has 0 aliphatic carbocycles. The Labute approximate surface area is 240 Å². The van der Waals surface area contributed by atoms with Crippen molar-refractivity contribution in [3.63, 3.8) is 0 Å². The van der Waals surface area contributed by atoms with Crippen LogP contribution >= 0.6 is 0 Å². The molecule has 41 heavy (non-hydrogen) atoms. The lowest BCUT2D eigenvalue weighted by molar-refractivity contribution is -0.896. The molecule has 0 saturated carbocycles. The number of amides is 1. The van der Waals surface area contributed by atoms with Gasteiger partial charge in [-0.3, -0.25) is 9.59 Å². The molecule has 0 radical (unpaired) electrons. The van der Waals surface area contributed by atoms with Gasteiger partial charge in [0.05, 0.1) is 25.7 Å². The molecule has 214 valence electrons. The summed E-state index contributed by atoms with van der Waals surface area (Å²) in [4.78, 5) is 29.7. The van der Waals surface area contributed by atoms with E-state index in [2.05, 4.69) is 13.8 Å². The first-order chi connectivity index (χ1) is 20.0. The van der Waals surface area contributed by atoms with Gasteiger partial charge in [0.2, 0.25) is 5.78 Å². The highest BCUT2D eigenvalue weighted by atomic mass is 16.6. The zero-order valence-corrected chi connectivity index (χ0v) is 23.6. The maximum atomic E-state index is 13.9. The number of likely N-dealkylation sites (tertiary alicyclic amines) is 1. The van der Waals surface area contributed by atoms with Crippen LogP contribution < -0.4 is 24.2 Å². The number of rotatable bonds is 11. The van der Waals surface area contributed by atoms with Crippen LogP contribution in [0.4, 0.5) is 0 Å². The predicted octanol–water partition coefficient (Wildman–Crippen LogP) is 2.58. The van der Waals surface area contributed by atoms with Crippen LogP contribution in [0.25, 0.3) is 5.76 Å². The maximum Gasteiger partial charge on any atom is 0.295 e. The first-order valence-electron chi connectivity index (χ1n) is 14.3. The summed E-state index contributed by atoms with van der Waals surface area (Å²) in [6, 6.07) is 21.2. The number of carbonyl (C=O) groups excluding carboxylic acids is 2. The largest absolute Gasteiger partial charge is 0.872 e. The highest BCUT2D eigenvalue weighted by molar-refractivity contribution is 6.46. The summed E-state index contributed by atoms with van der Waals surface area (Å²) in [7, 11) is 0. The van der Waals surface area contributed by atoms with E-state index in [0.717, 1.165) is 31.6 Å². The number of Topliss-reactive ketones (excluding diaryl/α,β-unsaturated/α-hetero) is 1. The van der Waals surface area contributed by atoms with Gasteiger partial charge in [-0.1, -0.05) is 54.3 Å². The smallest absolute Gasteiger partial charge is 0.295 e. The second-order valence-corrected chi connectivity index (χ2v) is 10.2. The lowest BCUT2D eigenvalue weighted by Gasteiger charge is -2.28. The van der Waals surface area contributed by atoms with E-state index in [-0.39, 0.29) is 11.1 Å². The molecule has 1 amide bonds. The van der Waals surface area contributed by atoms with E-state index in [4.69, 9.17) is 14.2 Å². The number of fused-ring (bicyclic) bond motifs is 1. The molecular weight excluding hydrogens is 520 g/mol. The lowest BCUT2D eigenvalue weighted by atomic mass is 9.95. The van der Waals surface area contributed by atoms with Crippen molar-refractivity contribution in [1.29, 1.82) is 0 Å². The maximum absolute atomic E-state index is 13.9. The molecule has 2 aliphatic heterocycles. The fraction of sp³-hybridized carbons (Fsp3) is 0.333. The molecule has 8 heteroatoms. The van der Waals surface area contributed by atoms with Gasteiger partial charge in [-0.2, -0.15) is 0 Å². The van der Waals surface area contributed by atoms with Gasteiger partial charge in [0, 0.05) is 18.5 Å². The van der Waals surface area contributed by atoms with Gasteiger partial charge in [0.1, 0.15) is 25.6 Å². The second-order valence-electron chi connectivity index (χ2n) is 10.2. The first-order valence-corrected chi connectivity index (χ1v) is 14.3. The van der Waals surface area contributed by atoms with Crippen LogP contribution in [0.3, 0.4) is 0 Å². The summed E-state index contributed by atoms with van der Waals surface area (Å²) in [6.07, 6.45) is 0.719. The number of nitrogens with one attached hydrogen (secondary N) is 1. The summed E-state index contributed by atoms with van der Waals surface area (Å²) in [5.41, 5.74) is 1.98. The minimum Gasteiger partial charge on any atom is -0.872 e. The molecule has 0 bridgehead atoms. The van der Waals surface area contributed by atoms with Crippen molar-refractivity contribution in [2.45, 2.75) is 32.9 Å². The molecular formula is C33H36N2O6. The summed E-state index contributed by atoms with van der Waals surface area (Å²) in [5, 5.41) is 13.9. The zero-order chi connectivity index (χ0) is 28.8. The quantitative estimate of drug-likeness (QED) is 0.222. The number of benzene rings is 3. The summed E-state index contributed by atoms with van der Waals surface area (Å²) < 4.78 is 17.2. The van der Waals surface area contributed by atoms with Gasteiger partial charge in [-0.25, -0.2) is 0 Å². The van der Waals surface area contributed by atoms with Gasteiger partial charge >= 0.3 is 0 Å². The number of nitrogens with zero attached hydrogens (tertiary/aromatic N) is 1. The molecule has 3 aromatic rings. The Morgan fingerprint density at radius 1 is 0.951 bits per heavy atom. The number of carbonyl (C=O) groups is 2. The summed E-state index contributed by atoms with van der Waals surface area (Å²) in [5.74, 6) is -0.217. The topological polar surface area (TPSA) is 92.6 Å². The highest BCUT2D eigenvalue weighted by Crippen LogP contribution is 2.40. The van der Waals surface area contributed by atoms with E-state index >= 15 is 0 Å². The molecule has 3 aromatic carbocycles. The number of hydrogen-bond donors (Lipinski definition) is 1. The van der Waals surface area contributed by atoms with Crippen LogP contribution in [0.5, 0.6) is 17.2 Å². The number of hydrogen-bond acceptors (Lipinski definition) is 6. The van der Waals surface area contributed by atoms with Crippen LogP contribution in [0.2, 0.25) is 0 Å². The third kappa shape index (κ3) is 6.23. The number of ketones is 1. The minimum atomic E-state index is -0.787. The SMILES string of the molecule is CC[NH+](CC)CCCN1C(=O)C(=O)/C(=C(/[O-])c2ccc3c(c2)OCCO3)C1c1ccc(OCc2ccccc2)cc1. The Bertz CT molecular complexity index is 1400. The van der Waals surface area contributed by atoms with Crippen LogP contribution in [0.1, 0.15) is 43.0 Å². The number of ether oxygens (including phenoxy) is 3. The van der Waals surface area contributed by atoms with Crippen molar-refractivity contribution >= 4 is 17.4 Å². The van der Waals surface area contributed by atoms with Gasteiger partial charge in [0.25, 0.3) is 5.91 Å². The average molecular weight is 557 g/mol. The van der Waals surface area contributed by atoms with Gasteiger partial charge in [0.15, 0.2) is 11.5 Å². The molecule has 2 heterocycles. The van der Waals surface area contributed by atoms with Crippen molar-refractivity contribution in [3.8, 4) is 17.2 Å². The zero-order valence-electron chi connectivity index (χ0n) is 23.6. The van der Waals surface area contributed by atoms with E-state index in [1.165, 1.54) is 4.90 Å². The third-order valence-electron chi connectivity index (χ3n) is 7.71. The van der Waals surface area contributed by atoms with Crippen molar-refractivity contribution in [1.82, 2.24) is 4.90 Å². The molecule has 1 fully saturated rings. The van der Waals surface area contributed by atoms with E-state index in [9.17, 15) is 14.7 Å². The molecule has 1 atom stereocenters. The van der Waals surface area contributed by atoms with Crippen molar-refractivity contribution in [3.05, 3.63) is 95.1 Å². The molecule has 1 saturated heterocycles. The number of quaternary nitrogens is 1. The second kappa shape index (κ2) is 12.9. The van der Waals surface area contributed by atoms with E-state index in [1.807, 2.05) is 54.6 Å². The lowest BCUT2D eigenvalue weighted by Crippen LogP contribution is -3.11. The Balaban J connectivity index is 1.46. The van der Waals surface area contributed by atoms with Crippen molar-refractivity contribution < 1.29 is 33.8 Å². The first kappa shape index (κ1) is 28.2. The molecule has 0 spiro atoms. The molecule has 2 aliphatic rings. The standard InChI is InChI=1S/C33H36N2O6/c1-3-34(4-2)17-8-18-35-30(24-11-14-26(15-12-24)41-22-23-9-6-5-7-10-23)29(32(37)33(35)38)31(36)25-13-16-27-28(21-25)40-20-19-39-27/h5-7,9-16,21,30,36H,3-4,8,17-20,22H2,1-2H3/b31-29+. The third-order valence-corrected chi connectivity index (χ3v) is 7.71. The van der Waals surface area contributed by atoms with Gasteiger partial charge in [-0.05, 0) is 54.8 Å². The van der Waals surface area contributed by atoms with Crippen molar-refractivity contribution in [2.24, 2.45) is 0 Å². The van der Waals surface area contributed by atoms with Gasteiger partial charge in [-0.15, -0.1) is 0 Å². The Morgan fingerprint density at radius 3 is 2.37 bits per heavy atom. The fourth-order valence-electron chi connectivity index (χ4n) is 5.38. The van der Waals surface area contributed by atoms with E-state index < -0.39 is 23.5 Å². The molecule has 0 aromatic heterocycles. The van der Waals surface area contributed by atoms with Crippen LogP contribution in [0.15, 0.2) is 78.4 Å².